The van der Waals surface area contributed by atoms with E-state index in [1.54, 1.807) is 0 Å². The standard InChI is InChI=1S/C9H7F2N/c10-8-5-1-3-7(9(8)11)4-2-6-12/h1,3,5H,2,4H2. The second-order valence-corrected chi connectivity index (χ2v) is 2.37. The van der Waals surface area contributed by atoms with Crippen molar-refractivity contribution in [3.63, 3.8) is 0 Å². The molecule has 0 radical (unpaired) electrons. The lowest BCUT2D eigenvalue weighted by atomic mass is 10.1. The molecule has 12 heavy (non-hydrogen) atoms. The van der Waals surface area contributed by atoms with Gasteiger partial charge in [0, 0.05) is 6.42 Å². The summed E-state index contributed by atoms with van der Waals surface area (Å²) >= 11 is 0. The normalized spacial score (nSPS) is 9.42. The maximum absolute atomic E-state index is 12.8. The van der Waals surface area contributed by atoms with Crippen LogP contribution in [0.1, 0.15) is 12.0 Å². The van der Waals surface area contributed by atoms with Gasteiger partial charge >= 0.3 is 0 Å². The number of halogens is 2. The number of nitriles is 1. The molecule has 0 aliphatic carbocycles. The van der Waals surface area contributed by atoms with E-state index in [2.05, 4.69) is 0 Å². The summed E-state index contributed by atoms with van der Waals surface area (Å²) in [6.45, 7) is 0. The quantitative estimate of drug-likeness (QED) is 0.663. The van der Waals surface area contributed by atoms with Crippen LogP contribution in [0, 0.1) is 23.0 Å². The van der Waals surface area contributed by atoms with Crippen LogP contribution in [-0.4, -0.2) is 0 Å². The molecule has 0 fully saturated rings. The number of nitrogens with zero attached hydrogens (tertiary/aromatic N) is 1. The lowest BCUT2D eigenvalue weighted by molar-refractivity contribution is 0.499. The first-order chi connectivity index (χ1) is 5.75. The van der Waals surface area contributed by atoms with Crippen molar-refractivity contribution in [3.8, 4) is 6.07 Å². The Bertz CT molecular complexity index is 315. The van der Waals surface area contributed by atoms with Crippen molar-refractivity contribution in [1.82, 2.24) is 0 Å². The van der Waals surface area contributed by atoms with Gasteiger partial charge in [0.2, 0.25) is 0 Å². The van der Waals surface area contributed by atoms with Gasteiger partial charge in [0.05, 0.1) is 6.07 Å². The van der Waals surface area contributed by atoms with Gasteiger partial charge in [0.15, 0.2) is 11.6 Å². The van der Waals surface area contributed by atoms with Crippen molar-refractivity contribution in [1.29, 1.82) is 5.26 Å². The maximum atomic E-state index is 12.8. The van der Waals surface area contributed by atoms with E-state index in [1.807, 2.05) is 6.07 Å². The first-order valence-corrected chi connectivity index (χ1v) is 3.55. The molecule has 0 atom stereocenters. The van der Waals surface area contributed by atoms with Gasteiger partial charge in [0.1, 0.15) is 0 Å². The molecule has 0 heterocycles. The molecule has 0 bridgehead atoms. The van der Waals surface area contributed by atoms with Gasteiger partial charge in [-0.05, 0) is 18.1 Å². The third kappa shape index (κ3) is 1.79. The van der Waals surface area contributed by atoms with Crippen LogP contribution in [0.25, 0.3) is 0 Å². The van der Waals surface area contributed by atoms with Gasteiger partial charge in [-0.25, -0.2) is 8.78 Å². The SMILES string of the molecule is N#CCCc1cccc(F)c1F. The van der Waals surface area contributed by atoms with E-state index in [4.69, 9.17) is 5.26 Å². The second-order valence-electron chi connectivity index (χ2n) is 2.37. The van der Waals surface area contributed by atoms with E-state index < -0.39 is 11.6 Å². The smallest absolute Gasteiger partial charge is 0.162 e. The monoisotopic (exact) mass is 167 g/mol. The lowest BCUT2D eigenvalue weighted by Crippen LogP contribution is -1.92. The summed E-state index contributed by atoms with van der Waals surface area (Å²) in [4.78, 5) is 0. The molecule has 3 heteroatoms. The Morgan fingerprint density at radius 2 is 2.08 bits per heavy atom. The molecule has 62 valence electrons. The van der Waals surface area contributed by atoms with E-state index >= 15 is 0 Å². The highest BCUT2D eigenvalue weighted by Crippen LogP contribution is 2.12. The first kappa shape index (κ1) is 8.66. The van der Waals surface area contributed by atoms with Crippen molar-refractivity contribution < 1.29 is 8.78 Å². The zero-order chi connectivity index (χ0) is 8.97. The number of hydrogen-bond acceptors (Lipinski definition) is 1. The van der Waals surface area contributed by atoms with Gasteiger partial charge in [0.25, 0.3) is 0 Å². The zero-order valence-electron chi connectivity index (χ0n) is 6.35. The summed E-state index contributed by atoms with van der Waals surface area (Å²) in [7, 11) is 0. The molecular formula is C9H7F2N. The minimum absolute atomic E-state index is 0.209. The summed E-state index contributed by atoms with van der Waals surface area (Å²) < 4.78 is 25.4. The summed E-state index contributed by atoms with van der Waals surface area (Å²) in [6, 6.07) is 5.85. The second kappa shape index (κ2) is 3.82. The first-order valence-electron chi connectivity index (χ1n) is 3.55. The van der Waals surface area contributed by atoms with Gasteiger partial charge < -0.3 is 0 Å². The fourth-order valence-electron chi connectivity index (χ4n) is 0.932. The molecule has 1 rings (SSSR count). The van der Waals surface area contributed by atoms with Crippen LogP contribution in [0.2, 0.25) is 0 Å². The van der Waals surface area contributed by atoms with E-state index in [9.17, 15) is 8.78 Å². The molecule has 0 amide bonds. The molecule has 0 spiro atoms. The largest absolute Gasteiger partial charge is 0.204 e. The van der Waals surface area contributed by atoms with Crippen LogP contribution in [0.5, 0.6) is 0 Å². The van der Waals surface area contributed by atoms with Crippen LogP contribution in [-0.2, 0) is 6.42 Å². The summed E-state index contributed by atoms with van der Waals surface area (Å²) in [5, 5.41) is 8.22. The molecule has 0 unspecified atom stereocenters. The molecule has 0 saturated heterocycles. The van der Waals surface area contributed by atoms with Crippen LogP contribution in [0.4, 0.5) is 8.78 Å². The van der Waals surface area contributed by atoms with Crippen LogP contribution in [0.3, 0.4) is 0 Å². The molecular weight excluding hydrogens is 160 g/mol. The number of aryl methyl sites for hydroxylation is 1. The maximum Gasteiger partial charge on any atom is 0.162 e. The van der Waals surface area contributed by atoms with Gasteiger partial charge in [-0.1, -0.05) is 12.1 Å². The number of rotatable bonds is 2. The van der Waals surface area contributed by atoms with E-state index in [-0.39, 0.29) is 18.4 Å². The van der Waals surface area contributed by atoms with Gasteiger partial charge in [-0.15, -0.1) is 0 Å². The Hall–Kier alpha value is -1.43. The number of hydrogen-bond donors (Lipinski definition) is 0. The minimum atomic E-state index is -0.856. The van der Waals surface area contributed by atoms with Crippen molar-refractivity contribution in [3.05, 3.63) is 35.4 Å². The molecule has 0 aromatic heterocycles. The average Bonchev–Trinajstić information content (AvgIpc) is 2.08. The van der Waals surface area contributed by atoms with Crippen LogP contribution >= 0.6 is 0 Å². The summed E-state index contributed by atoms with van der Waals surface area (Å²) in [5.74, 6) is -1.70. The Morgan fingerprint density at radius 3 is 2.75 bits per heavy atom. The lowest BCUT2D eigenvalue weighted by Gasteiger charge is -1.99. The molecule has 1 nitrogen and oxygen atoms in total. The zero-order valence-corrected chi connectivity index (χ0v) is 6.35. The minimum Gasteiger partial charge on any atom is -0.204 e. The molecule has 0 aliphatic rings. The highest BCUT2D eigenvalue weighted by molar-refractivity contribution is 5.19. The number of benzene rings is 1. The topological polar surface area (TPSA) is 23.8 Å². The van der Waals surface area contributed by atoms with E-state index in [0.29, 0.717) is 0 Å². The van der Waals surface area contributed by atoms with Crippen molar-refractivity contribution in [2.75, 3.05) is 0 Å². The Kier molecular flexibility index (Phi) is 2.76. The highest BCUT2D eigenvalue weighted by Gasteiger charge is 2.05. The van der Waals surface area contributed by atoms with E-state index in [1.165, 1.54) is 12.1 Å². The molecule has 0 N–H and O–H groups in total. The summed E-state index contributed by atoms with van der Waals surface area (Å²) in [5.41, 5.74) is 0.261. The summed E-state index contributed by atoms with van der Waals surface area (Å²) in [6.07, 6.45) is 0.473. The van der Waals surface area contributed by atoms with Crippen LogP contribution in [0.15, 0.2) is 18.2 Å². The van der Waals surface area contributed by atoms with E-state index in [0.717, 1.165) is 6.07 Å². The van der Waals surface area contributed by atoms with Crippen molar-refractivity contribution >= 4 is 0 Å². The molecule has 1 aromatic rings. The third-order valence-electron chi connectivity index (χ3n) is 1.54. The van der Waals surface area contributed by atoms with Crippen molar-refractivity contribution in [2.45, 2.75) is 12.8 Å². The third-order valence-corrected chi connectivity index (χ3v) is 1.54. The molecule has 0 aliphatic heterocycles. The predicted molar refractivity (Wildman–Crippen MR) is 40.3 cm³/mol. The Morgan fingerprint density at radius 1 is 1.33 bits per heavy atom. The van der Waals surface area contributed by atoms with Gasteiger partial charge in [-0.3, -0.25) is 0 Å². The fraction of sp³-hybridized carbons (Fsp3) is 0.222. The predicted octanol–water partition coefficient (Wildman–Crippen LogP) is 2.42. The fourth-order valence-corrected chi connectivity index (χ4v) is 0.932. The highest BCUT2D eigenvalue weighted by atomic mass is 19.2. The molecule has 1 aromatic carbocycles. The van der Waals surface area contributed by atoms with Crippen molar-refractivity contribution in [2.24, 2.45) is 0 Å². The molecule has 0 saturated carbocycles. The average molecular weight is 167 g/mol. The Labute approximate surface area is 69.2 Å². The Balaban J connectivity index is 2.86. The van der Waals surface area contributed by atoms with Gasteiger partial charge in [-0.2, -0.15) is 5.26 Å². The van der Waals surface area contributed by atoms with Crippen LogP contribution < -0.4 is 0 Å².